The van der Waals surface area contributed by atoms with E-state index >= 15 is 0 Å². The van der Waals surface area contributed by atoms with Gasteiger partial charge < -0.3 is 9.88 Å². The number of hydrogen-bond donors (Lipinski definition) is 1. The Hall–Kier alpha value is -2.62. The maximum atomic E-state index is 11.2. The van der Waals surface area contributed by atoms with Crippen molar-refractivity contribution < 1.29 is 4.79 Å². The molecule has 1 heterocycles. The van der Waals surface area contributed by atoms with E-state index in [1.54, 1.807) is 11.2 Å². The van der Waals surface area contributed by atoms with E-state index < -0.39 is 0 Å². The Morgan fingerprint density at radius 2 is 2.18 bits per heavy atom. The maximum Gasteiger partial charge on any atom is 0.214 e. The second-order valence-corrected chi connectivity index (χ2v) is 5.37. The fraction of sp³-hybridized carbons (Fsp3) is 0.222. The summed E-state index contributed by atoms with van der Waals surface area (Å²) in [7, 11) is 0. The van der Waals surface area contributed by atoms with Crippen LogP contribution < -0.4 is 4.90 Å². The highest BCUT2D eigenvalue weighted by Crippen LogP contribution is 2.31. The van der Waals surface area contributed by atoms with Gasteiger partial charge in [-0.1, -0.05) is 31.2 Å². The average molecular weight is 293 g/mol. The first-order valence-electron chi connectivity index (χ1n) is 7.47. The van der Waals surface area contributed by atoms with Crippen LogP contribution >= 0.6 is 0 Å². The Labute approximate surface area is 129 Å². The van der Waals surface area contributed by atoms with Crippen molar-refractivity contribution in [2.45, 2.75) is 19.8 Å². The third-order valence-electron chi connectivity index (χ3n) is 4.15. The van der Waals surface area contributed by atoms with Gasteiger partial charge >= 0.3 is 0 Å². The second-order valence-electron chi connectivity index (χ2n) is 5.37. The van der Waals surface area contributed by atoms with Gasteiger partial charge in [-0.2, -0.15) is 0 Å². The van der Waals surface area contributed by atoms with Crippen molar-refractivity contribution in [3.8, 4) is 0 Å². The highest BCUT2D eigenvalue weighted by molar-refractivity contribution is 5.91. The van der Waals surface area contributed by atoms with Crippen molar-refractivity contribution in [1.29, 1.82) is 0 Å². The lowest BCUT2D eigenvalue weighted by molar-refractivity contribution is -0.107. The topological polar surface area (TPSA) is 49.0 Å². The van der Waals surface area contributed by atoms with Crippen LogP contribution in [0, 0.1) is 0 Å². The van der Waals surface area contributed by atoms with Crippen molar-refractivity contribution in [3.63, 3.8) is 0 Å². The first-order valence-corrected chi connectivity index (χ1v) is 7.47. The summed E-state index contributed by atoms with van der Waals surface area (Å²) in [5.74, 6) is 0.216. The minimum absolute atomic E-state index is 0.216. The molecule has 4 heteroatoms. The summed E-state index contributed by atoms with van der Waals surface area (Å²) in [6, 6.07) is 12.5. The highest BCUT2D eigenvalue weighted by Gasteiger charge is 2.14. The van der Waals surface area contributed by atoms with Crippen molar-refractivity contribution in [3.05, 3.63) is 60.2 Å². The lowest BCUT2D eigenvalue weighted by Gasteiger charge is -2.18. The summed E-state index contributed by atoms with van der Waals surface area (Å²) in [5.41, 5.74) is 3.24. The van der Waals surface area contributed by atoms with Crippen LogP contribution in [0.5, 0.6) is 0 Å². The average Bonchev–Trinajstić information content (AvgIpc) is 3.09. The highest BCUT2D eigenvalue weighted by atomic mass is 16.1. The molecule has 0 aliphatic rings. The molecule has 0 aliphatic heterocycles. The van der Waals surface area contributed by atoms with E-state index in [4.69, 9.17) is 0 Å². The molecule has 1 aromatic heterocycles. The number of carbonyl (C=O) groups is 1. The molecule has 1 N–H and O–H groups in total. The number of benzene rings is 2. The first kappa shape index (κ1) is 14.3. The third kappa shape index (κ3) is 2.48. The number of amides is 1. The van der Waals surface area contributed by atoms with Gasteiger partial charge in [-0.05, 0) is 35.4 Å². The Balaban J connectivity index is 2.13. The molecule has 0 aliphatic carbocycles. The molecule has 2 aromatic carbocycles. The summed E-state index contributed by atoms with van der Waals surface area (Å²) in [5, 5.41) is 2.34. The lowest BCUT2D eigenvalue weighted by atomic mass is 9.92. The van der Waals surface area contributed by atoms with Crippen LogP contribution in [0.2, 0.25) is 0 Å². The molecule has 112 valence electrons. The summed E-state index contributed by atoms with van der Waals surface area (Å²) < 4.78 is 0. The zero-order valence-electron chi connectivity index (χ0n) is 12.8. The van der Waals surface area contributed by atoms with Crippen LogP contribution in [0.15, 0.2) is 48.9 Å². The van der Waals surface area contributed by atoms with E-state index in [1.807, 2.05) is 19.2 Å². The fourth-order valence-electron chi connectivity index (χ4n) is 2.83. The zero-order chi connectivity index (χ0) is 15.5. The summed E-state index contributed by atoms with van der Waals surface area (Å²) in [4.78, 5) is 20.2. The zero-order valence-corrected chi connectivity index (χ0v) is 12.8. The van der Waals surface area contributed by atoms with Crippen molar-refractivity contribution in [2.75, 3.05) is 11.4 Å². The predicted octanol–water partition coefficient (Wildman–Crippen LogP) is 3.70. The number of imidazole rings is 1. The Kier molecular flexibility index (Phi) is 3.92. The lowest BCUT2D eigenvalue weighted by Crippen LogP contribution is -2.19. The number of carbonyl (C=O) groups excluding carboxylic acids is 1. The molecule has 0 saturated carbocycles. The molecule has 0 bridgehead atoms. The van der Waals surface area contributed by atoms with Crippen LogP contribution in [-0.4, -0.2) is 22.9 Å². The molecule has 22 heavy (non-hydrogen) atoms. The van der Waals surface area contributed by atoms with Gasteiger partial charge in [-0.25, -0.2) is 4.98 Å². The van der Waals surface area contributed by atoms with Gasteiger partial charge in [0.1, 0.15) is 0 Å². The number of nitrogens with one attached hydrogen (secondary N) is 1. The van der Waals surface area contributed by atoms with Gasteiger partial charge in [-0.15, -0.1) is 0 Å². The molecule has 0 saturated heterocycles. The van der Waals surface area contributed by atoms with Gasteiger partial charge in [0, 0.05) is 30.0 Å². The minimum atomic E-state index is 0.216. The van der Waals surface area contributed by atoms with Gasteiger partial charge in [0.2, 0.25) is 6.41 Å². The number of hydrogen-bond acceptors (Lipinski definition) is 2. The summed E-state index contributed by atoms with van der Waals surface area (Å²) in [6.45, 7) is 4.79. The first-order chi connectivity index (χ1) is 10.7. The van der Waals surface area contributed by atoms with Crippen molar-refractivity contribution in [1.82, 2.24) is 9.97 Å². The molecule has 0 radical (unpaired) electrons. The Morgan fingerprint density at radius 1 is 1.32 bits per heavy atom. The van der Waals surface area contributed by atoms with Gasteiger partial charge in [0.05, 0.1) is 6.33 Å². The number of fused-ring (bicyclic) bond motifs is 1. The van der Waals surface area contributed by atoms with E-state index in [9.17, 15) is 4.79 Å². The molecule has 3 rings (SSSR count). The molecule has 1 unspecified atom stereocenters. The molecular formula is C18H19N3O. The number of aromatic amines is 1. The van der Waals surface area contributed by atoms with Gasteiger partial charge in [0.25, 0.3) is 0 Å². The fourth-order valence-corrected chi connectivity index (χ4v) is 2.83. The summed E-state index contributed by atoms with van der Waals surface area (Å²) in [6.07, 6.45) is 4.44. The van der Waals surface area contributed by atoms with Crippen LogP contribution in [-0.2, 0) is 4.79 Å². The SMILES string of the molecule is CCN(C=O)c1ccc2cccc(C(C)c3cnc[nH]3)c2c1. The van der Waals surface area contributed by atoms with Gasteiger partial charge in [0.15, 0.2) is 0 Å². The molecular weight excluding hydrogens is 274 g/mol. The van der Waals surface area contributed by atoms with Crippen molar-refractivity contribution in [2.24, 2.45) is 0 Å². The molecule has 4 nitrogen and oxygen atoms in total. The van der Waals surface area contributed by atoms with E-state index in [0.717, 1.165) is 17.8 Å². The van der Waals surface area contributed by atoms with Crippen LogP contribution in [0.25, 0.3) is 10.8 Å². The van der Waals surface area contributed by atoms with Crippen LogP contribution in [0.3, 0.4) is 0 Å². The van der Waals surface area contributed by atoms with E-state index in [2.05, 4.69) is 47.2 Å². The number of H-pyrrole nitrogens is 1. The number of anilines is 1. The van der Waals surface area contributed by atoms with Crippen LogP contribution in [0.1, 0.15) is 31.0 Å². The summed E-state index contributed by atoms with van der Waals surface area (Å²) >= 11 is 0. The number of nitrogens with zero attached hydrogens (tertiary/aromatic N) is 2. The predicted molar refractivity (Wildman–Crippen MR) is 89.1 cm³/mol. The minimum Gasteiger partial charge on any atom is -0.348 e. The van der Waals surface area contributed by atoms with Crippen LogP contribution in [0.4, 0.5) is 5.69 Å². The Bertz CT molecular complexity index is 780. The normalized spacial score (nSPS) is 12.3. The largest absolute Gasteiger partial charge is 0.348 e. The molecule has 3 aromatic rings. The monoisotopic (exact) mass is 293 g/mol. The second kappa shape index (κ2) is 6.02. The van der Waals surface area contributed by atoms with E-state index in [0.29, 0.717) is 6.54 Å². The molecule has 0 spiro atoms. The van der Waals surface area contributed by atoms with E-state index in [1.165, 1.54) is 16.3 Å². The van der Waals surface area contributed by atoms with E-state index in [-0.39, 0.29) is 5.92 Å². The number of rotatable bonds is 5. The van der Waals surface area contributed by atoms with Gasteiger partial charge in [-0.3, -0.25) is 4.79 Å². The maximum absolute atomic E-state index is 11.2. The Morgan fingerprint density at radius 3 is 2.86 bits per heavy atom. The smallest absolute Gasteiger partial charge is 0.214 e. The molecule has 0 fully saturated rings. The molecule has 1 amide bonds. The molecule has 1 atom stereocenters. The quantitative estimate of drug-likeness (QED) is 0.729. The standard InChI is InChI=1S/C18H19N3O/c1-3-21(12-22)15-8-7-14-5-4-6-16(17(14)9-15)13(2)18-10-19-11-20-18/h4-13H,3H2,1-2H3,(H,19,20). The van der Waals surface area contributed by atoms with Crippen molar-refractivity contribution >= 4 is 22.9 Å². The number of aromatic nitrogens is 2. The third-order valence-corrected chi connectivity index (χ3v) is 4.15.